The van der Waals surface area contributed by atoms with Crippen LogP contribution >= 0.6 is 0 Å². The molecule has 0 bridgehead atoms. The third-order valence-electron chi connectivity index (χ3n) is 4.19. The van der Waals surface area contributed by atoms with Gasteiger partial charge in [-0.1, -0.05) is 12.1 Å². The number of benzene rings is 1. The maximum absolute atomic E-state index is 12.2. The molecule has 2 heterocycles. The molecule has 132 valence electrons. The number of amides is 2. The molecule has 7 heteroatoms. The van der Waals surface area contributed by atoms with E-state index in [9.17, 15) is 4.79 Å². The van der Waals surface area contributed by atoms with E-state index in [4.69, 9.17) is 4.74 Å². The SMILES string of the molecule is COc1ccccc1NC(=O)Nc1ccc(N2CCN(C)CC2)nc1. The van der Waals surface area contributed by atoms with Gasteiger partial charge in [0.05, 0.1) is 24.7 Å². The van der Waals surface area contributed by atoms with Crippen molar-refractivity contribution in [1.82, 2.24) is 9.88 Å². The van der Waals surface area contributed by atoms with Crippen molar-refractivity contribution < 1.29 is 9.53 Å². The zero-order chi connectivity index (χ0) is 17.6. The van der Waals surface area contributed by atoms with Crippen molar-refractivity contribution in [3.8, 4) is 5.75 Å². The highest BCUT2D eigenvalue weighted by molar-refractivity contribution is 6.00. The summed E-state index contributed by atoms with van der Waals surface area (Å²) in [7, 11) is 3.69. The molecule has 0 unspecified atom stereocenters. The Kier molecular flexibility index (Phi) is 5.35. The number of piperazine rings is 1. The number of likely N-dealkylation sites (N-methyl/N-ethyl adjacent to an activating group) is 1. The highest BCUT2D eigenvalue weighted by Crippen LogP contribution is 2.23. The maximum atomic E-state index is 12.2. The summed E-state index contributed by atoms with van der Waals surface area (Å²) in [5.74, 6) is 1.55. The van der Waals surface area contributed by atoms with Crippen molar-refractivity contribution >= 4 is 23.2 Å². The average Bonchev–Trinajstić information content (AvgIpc) is 2.63. The van der Waals surface area contributed by atoms with E-state index < -0.39 is 0 Å². The zero-order valence-corrected chi connectivity index (χ0v) is 14.5. The minimum Gasteiger partial charge on any atom is -0.495 e. The number of carbonyl (C=O) groups is 1. The average molecular weight is 341 g/mol. The summed E-state index contributed by atoms with van der Waals surface area (Å²) in [6, 6.07) is 10.7. The van der Waals surface area contributed by atoms with Crippen molar-refractivity contribution in [2.24, 2.45) is 0 Å². The Morgan fingerprint density at radius 2 is 1.84 bits per heavy atom. The number of hydrogen-bond donors (Lipinski definition) is 2. The number of hydrogen-bond acceptors (Lipinski definition) is 5. The van der Waals surface area contributed by atoms with Gasteiger partial charge in [-0.2, -0.15) is 0 Å². The van der Waals surface area contributed by atoms with E-state index in [0.29, 0.717) is 17.1 Å². The third-order valence-corrected chi connectivity index (χ3v) is 4.19. The lowest BCUT2D eigenvalue weighted by Gasteiger charge is -2.33. The number of rotatable bonds is 4. The van der Waals surface area contributed by atoms with E-state index in [0.717, 1.165) is 32.0 Å². The quantitative estimate of drug-likeness (QED) is 0.894. The molecule has 2 aromatic rings. The first-order valence-corrected chi connectivity index (χ1v) is 8.26. The normalized spacial score (nSPS) is 14.9. The fourth-order valence-electron chi connectivity index (χ4n) is 2.72. The van der Waals surface area contributed by atoms with E-state index >= 15 is 0 Å². The lowest BCUT2D eigenvalue weighted by molar-refractivity contribution is 0.262. The largest absolute Gasteiger partial charge is 0.495 e. The van der Waals surface area contributed by atoms with Gasteiger partial charge in [0, 0.05) is 26.2 Å². The van der Waals surface area contributed by atoms with Gasteiger partial charge in [-0.3, -0.25) is 0 Å². The number of urea groups is 1. The molecule has 0 aliphatic carbocycles. The lowest BCUT2D eigenvalue weighted by Crippen LogP contribution is -2.44. The first kappa shape index (κ1) is 17.0. The number of anilines is 3. The van der Waals surface area contributed by atoms with Gasteiger partial charge in [-0.25, -0.2) is 9.78 Å². The fourth-order valence-corrected chi connectivity index (χ4v) is 2.72. The first-order chi connectivity index (χ1) is 12.2. The number of nitrogens with zero attached hydrogens (tertiary/aromatic N) is 3. The molecular formula is C18H23N5O2. The molecule has 7 nitrogen and oxygen atoms in total. The molecule has 0 saturated carbocycles. The maximum Gasteiger partial charge on any atom is 0.323 e. The molecule has 0 radical (unpaired) electrons. The van der Waals surface area contributed by atoms with Crippen LogP contribution in [0.5, 0.6) is 5.75 Å². The van der Waals surface area contributed by atoms with Crippen molar-refractivity contribution in [2.45, 2.75) is 0 Å². The molecule has 0 spiro atoms. The van der Waals surface area contributed by atoms with Crippen LogP contribution in [0.3, 0.4) is 0 Å². The van der Waals surface area contributed by atoms with Crippen LogP contribution in [0.2, 0.25) is 0 Å². The predicted octanol–water partition coefficient (Wildman–Crippen LogP) is 2.49. The van der Waals surface area contributed by atoms with E-state index in [1.54, 1.807) is 25.4 Å². The summed E-state index contributed by atoms with van der Waals surface area (Å²) >= 11 is 0. The van der Waals surface area contributed by atoms with E-state index in [-0.39, 0.29) is 6.03 Å². The minimum absolute atomic E-state index is 0.335. The highest BCUT2D eigenvalue weighted by Gasteiger charge is 2.15. The van der Waals surface area contributed by atoms with Crippen LogP contribution in [0, 0.1) is 0 Å². The first-order valence-electron chi connectivity index (χ1n) is 8.26. The molecule has 1 aliphatic rings. The van der Waals surface area contributed by atoms with Crippen LogP contribution in [-0.2, 0) is 0 Å². The van der Waals surface area contributed by atoms with Gasteiger partial charge in [0.15, 0.2) is 0 Å². The standard InChI is InChI=1S/C18H23N5O2/c1-22-9-11-23(12-10-22)17-8-7-14(13-19-17)20-18(24)21-15-5-3-4-6-16(15)25-2/h3-8,13H,9-12H2,1-2H3,(H2,20,21,24). The molecule has 25 heavy (non-hydrogen) atoms. The number of aromatic nitrogens is 1. The molecule has 1 aromatic carbocycles. The topological polar surface area (TPSA) is 69.7 Å². The molecule has 2 amide bonds. The molecule has 0 atom stereocenters. The summed E-state index contributed by atoms with van der Waals surface area (Å²) in [6.45, 7) is 3.99. The molecule has 1 saturated heterocycles. The molecular weight excluding hydrogens is 318 g/mol. The van der Waals surface area contributed by atoms with Gasteiger partial charge in [0.1, 0.15) is 11.6 Å². The predicted molar refractivity (Wildman–Crippen MR) is 99.6 cm³/mol. The Hall–Kier alpha value is -2.80. The smallest absolute Gasteiger partial charge is 0.323 e. The van der Waals surface area contributed by atoms with Gasteiger partial charge >= 0.3 is 6.03 Å². The fraction of sp³-hybridized carbons (Fsp3) is 0.333. The number of pyridine rings is 1. The van der Waals surface area contributed by atoms with Crippen LogP contribution < -0.4 is 20.3 Å². The van der Waals surface area contributed by atoms with Crippen LogP contribution in [-0.4, -0.2) is 56.3 Å². The third kappa shape index (κ3) is 4.39. The number of ether oxygens (including phenoxy) is 1. The van der Waals surface area contributed by atoms with Crippen LogP contribution in [0.15, 0.2) is 42.6 Å². The van der Waals surface area contributed by atoms with Crippen molar-refractivity contribution in [3.63, 3.8) is 0 Å². The highest BCUT2D eigenvalue weighted by atomic mass is 16.5. The second kappa shape index (κ2) is 7.85. The lowest BCUT2D eigenvalue weighted by atomic mass is 10.3. The van der Waals surface area contributed by atoms with Gasteiger partial charge in [0.2, 0.25) is 0 Å². The Bertz CT molecular complexity index is 712. The van der Waals surface area contributed by atoms with Crippen LogP contribution in [0.4, 0.5) is 22.0 Å². The minimum atomic E-state index is -0.335. The number of carbonyl (C=O) groups excluding carboxylic acids is 1. The second-order valence-electron chi connectivity index (χ2n) is 5.97. The number of methoxy groups -OCH3 is 1. The number of para-hydroxylation sites is 2. The Balaban J connectivity index is 1.58. The van der Waals surface area contributed by atoms with Crippen molar-refractivity contribution in [2.75, 3.05) is 55.9 Å². The van der Waals surface area contributed by atoms with Crippen LogP contribution in [0.25, 0.3) is 0 Å². The van der Waals surface area contributed by atoms with Crippen molar-refractivity contribution in [1.29, 1.82) is 0 Å². The molecule has 2 N–H and O–H groups in total. The molecule has 1 fully saturated rings. The summed E-state index contributed by atoms with van der Waals surface area (Å²) in [6.07, 6.45) is 1.68. The number of nitrogens with one attached hydrogen (secondary N) is 2. The molecule has 1 aliphatic heterocycles. The second-order valence-corrected chi connectivity index (χ2v) is 5.97. The zero-order valence-electron chi connectivity index (χ0n) is 14.5. The van der Waals surface area contributed by atoms with Crippen molar-refractivity contribution in [3.05, 3.63) is 42.6 Å². The Morgan fingerprint density at radius 1 is 1.08 bits per heavy atom. The summed E-state index contributed by atoms with van der Waals surface area (Å²) < 4.78 is 5.22. The summed E-state index contributed by atoms with van der Waals surface area (Å²) in [5, 5.41) is 5.56. The summed E-state index contributed by atoms with van der Waals surface area (Å²) in [5.41, 5.74) is 1.26. The van der Waals surface area contributed by atoms with E-state index in [1.165, 1.54) is 0 Å². The van der Waals surface area contributed by atoms with Gasteiger partial charge < -0.3 is 25.2 Å². The molecule has 3 rings (SSSR count). The van der Waals surface area contributed by atoms with E-state index in [2.05, 4.69) is 32.5 Å². The van der Waals surface area contributed by atoms with Crippen LogP contribution in [0.1, 0.15) is 0 Å². The Morgan fingerprint density at radius 3 is 2.52 bits per heavy atom. The van der Waals surface area contributed by atoms with Gasteiger partial charge in [-0.15, -0.1) is 0 Å². The van der Waals surface area contributed by atoms with Gasteiger partial charge in [-0.05, 0) is 31.3 Å². The Labute approximate surface area is 147 Å². The monoisotopic (exact) mass is 341 g/mol. The van der Waals surface area contributed by atoms with E-state index in [1.807, 2.05) is 24.3 Å². The summed E-state index contributed by atoms with van der Waals surface area (Å²) in [4.78, 5) is 21.2. The molecule has 1 aromatic heterocycles. The van der Waals surface area contributed by atoms with Gasteiger partial charge in [0.25, 0.3) is 0 Å².